The van der Waals surface area contributed by atoms with Crippen LogP contribution in [0.15, 0.2) is 30.5 Å². The molecule has 2 aromatic rings. The highest BCUT2D eigenvalue weighted by atomic mass is 16.5. The molecule has 2 rings (SSSR count). The van der Waals surface area contributed by atoms with Crippen molar-refractivity contribution in [2.24, 2.45) is 0 Å². The van der Waals surface area contributed by atoms with Crippen molar-refractivity contribution in [1.82, 2.24) is 4.98 Å². The standard InChI is InChI=1S/C11H11NO/c1-8-9-5-3-4-6-10(9)11(13-2)7-12-8/h3-7H,1-2H3. The van der Waals surface area contributed by atoms with E-state index in [0.29, 0.717) is 0 Å². The van der Waals surface area contributed by atoms with Gasteiger partial charge in [0, 0.05) is 16.5 Å². The van der Waals surface area contributed by atoms with Crippen LogP contribution in [0.5, 0.6) is 5.75 Å². The Labute approximate surface area is 77.2 Å². The Bertz CT molecular complexity index is 437. The molecular formula is C11H11NO. The Hall–Kier alpha value is -1.57. The van der Waals surface area contributed by atoms with E-state index < -0.39 is 0 Å². The monoisotopic (exact) mass is 173 g/mol. The minimum atomic E-state index is 0.834. The molecule has 0 saturated heterocycles. The number of hydrogen-bond acceptors (Lipinski definition) is 2. The van der Waals surface area contributed by atoms with Gasteiger partial charge in [0.2, 0.25) is 0 Å². The largest absolute Gasteiger partial charge is 0.494 e. The molecule has 0 atom stereocenters. The van der Waals surface area contributed by atoms with Gasteiger partial charge < -0.3 is 4.74 Å². The molecule has 13 heavy (non-hydrogen) atoms. The van der Waals surface area contributed by atoms with E-state index in [9.17, 15) is 0 Å². The molecule has 0 bridgehead atoms. The van der Waals surface area contributed by atoms with Crippen molar-refractivity contribution in [3.63, 3.8) is 0 Å². The van der Waals surface area contributed by atoms with Gasteiger partial charge >= 0.3 is 0 Å². The van der Waals surface area contributed by atoms with Gasteiger partial charge in [0.1, 0.15) is 5.75 Å². The maximum atomic E-state index is 5.22. The molecule has 0 aliphatic rings. The maximum Gasteiger partial charge on any atom is 0.144 e. The van der Waals surface area contributed by atoms with Crippen LogP contribution < -0.4 is 4.74 Å². The van der Waals surface area contributed by atoms with Crippen molar-refractivity contribution in [3.8, 4) is 5.75 Å². The van der Waals surface area contributed by atoms with Gasteiger partial charge in [0.15, 0.2) is 0 Å². The summed E-state index contributed by atoms with van der Waals surface area (Å²) in [6.07, 6.45) is 1.76. The highest BCUT2D eigenvalue weighted by Gasteiger charge is 2.02. The van der Waals surface area contributed by atoms with Crippen LogP contribution in [0.25, 0.3) is 10.8 Å². The summed E-state index contributed by atoms with van der Waals surface area (Å²) in [6, 6.07) is 8.11. The summed E-state index contributed by atoms with van der Waals surface area (Å²) in [7, 11) is 1.67. The molecule has 0 N–H and O–H groups in total. The van der Waals surface area contributed by atoms with Crippen LogP contribution in [0.1, 0.15) is 5.69 Å². The smallest absolute Gasteiger partial charge is 0.144 e. The van der Waals surface area contributed by atoms with Crippen molar-refractivity contribution in [2.45, 2.75) is 6.92 Å². The fourth-order valence-corrected chi connectivity index (χ4v) is 1.47. The number of pyridine rings is 1. The van der Waals surface area contributed by atoms with E-state index in [0.717, 1.165) is 22.2 Å². The quantitative estimate of drug-likeness (QED) is 0.661. The first-order chi connectivity index (χ1) is 6.33. The highest BCUT2D eigenvalue weighted by molar-refractivity contribution is 5.89. The number of fused-ring (bicyclic) bond motifs is 1. The number of aromatic nitrogens is 1. The number of methoxy groups -OCH3 is 1. The second-order valence-corrected chi connectivity index (χ2v) is 2.96. The average Bonchev–Trinajstić information content (AvgIpc) is 2.19. The Balaban J connectivity index is 2.84. The molecule has 66 valence electrons. The van der Waals surface area contributed by atoms with Crippen molar-refractivity contribution in [2.75, 3.05) is 7.11 Å². The first-order valence-corrected chi connectivity index (χ1v) is 4.21. The molecule has 0 aliphatic heterocycles. The van der Waals surface area contributed by atoms with Gasteiger partial charge in [-0.25, -0.2) is 0 Å². The summed E-state index contributed by atoms with van der Waals surface area (Å²) in [4.78, 5) is 4.25. The molecule has 0 saturated carbocycles. The predicted molar refractivity (Wildman–Crippen MR) is 53.0 cm³/mol. The van der Waals surface area contributed by atoms with Crippen LogP contribution in [0.3, 0.4) is 0 Å². The zero-order valence-electron chi connectivity index (χ0n) is 7.74. The van der Waals surface area contributed by atoms with Crippen molar-refractivity contribution >= 4 is 10.8 Å². The van der Waals surface area contributed by atoms with E-state index in [4.69, 9.17) is 4.74 Å². The molecule has 1 aromatic carbocycles. The topological polar surface area (TPSA) is 22.1 Å². The van der Waals surface area contributed by atoms with Crippen LogP contribution in [-0.4, -0.2) is 12.1 Å². The van der Waals surface area contributed by atoms with E-state index in [2.05, 4.69) is 11.1 Å². The molecule has 2 nitrogen and oxygen atoms in total. The summed E-state index contributed by atoms with van der Waals surface area (Å²) >= 11 is 0. The van der Waals surface area contributed by atoms with E-state index in [1.807, 2.05) is 25.1 Å². The number of rotatable bonds is 1. The molecule has 0 amide bonds. The van der Waals surface area contributed by atoms with Crippen LogP contribution in [0.2, 0.25) is 0 Å². The predicted octanol–water partition coefficient (Wildman–Crippen LogP) is 2.55. The van der Waals surface area contributed by atoms with Crippen LogP contribution in [0.4, 0.5) is 0 Å². The minimum Gasteiger partial charge on any atom is -0.494 e. The second kappa shape index (κ2) is 3.05. The van der Waals surface area contributed by atoms with Gasteiger partial charge in [-0.05, 0) is 6.92 Å². The lowest BCUT2D eigenvalue weighted by Crippen LogP contribution is -1.89. The number of hydrogen-bond donors (Lipinski definition) is 0. The van der Waals surface area contributed by atoms with E-state index in [1.54, 1.807) is 13.3 Å². The zero-order valence-corrected chi connectivity index (χ0v) is 7.74. The fraction of sp³-hybridized carbons (Fsp3) is 0.182. The molecule has 1 aromatic heterocycles. The van der Waals surface area contributed by atoms with Crippen LogP contribution in [0, 0.1) is 6.92 Å². The Morgan fingerprint density at radius 2 is 1.85 bits per heavy atom. The summed E-state index contributed by atoms with van der Waals surface area (Å²) in [5, 5.41) is 2.28. The van der Waals surface area contributed by atoms with Gasteiger partial charge in [-0.2, -0.15) is 0 Å². The van der Waals surface area contributed by atoms with Crippen molar-refractivity contribution in [3.05, 3.63) is 36.2 Å². The molecule has 1 heterocycles. The van der Waals surface area contributed by atoms with Crippen molar-refractivity contribution < 1.29 is 4.74 Å². The second-order valence-electron chi connectivity index (χ2n) is 2.96. The molecule has 0 fully saturated rings. The van der Waals surface area contributed by atoms with E-state index in [-0.39, 0.29) is 0 Å². The lowest BCUT2D eigenvalue weighted by Gasteiger charge is -2.05. The third kappa shape index (κ3) is 1.24. The zero-order chi connectivity index (χ0) is 9.26. The van der Waals surface area contributed by atoms with Crippen LogP contribution in [-0.2, 0) is 0 Å². The first kappa shape index (κ1) is 8.05. The van der Waals surface area contributed by atoms with Crippen molar-refractivity contribution in [1.29, 1.82) is 0 Å². The summed E-state index contributed by atoms with van der Waals surface area (Å²) in [5.41, 5.74) is 1.04. The van der Waals surface area contributed by atoms with Gasteiger partial charge in [-0.1, -0.05) is 24.3 Å². The number of aryl methyl sites for hydroxylation is 1. The third-order valence-corrected chi connectivity index (χ3v) is 2.18. The first-order valence-electron chi connectivity index (χ1n) is 4.21. The number of ether oxygens (including phenoxy) is 1. The SMILES string of the molecule is COc1cnc(C)c2ccccc12. The molecule has 0 aliphatic carbocycles. The lowest BCUT2D eigenvalue weighted by atomic mass is 10.1. The summed E-state index contributed by atoms with van der Waals surface area (Å²) < 4.78 is 5.22. The normalized spacial score (nSPS) is 10.3. The van der Waals surface area contributed by atoms with Crippen LogP contribution >= 0.6 is 0 Å². The third-order valence-electron chi connectivity index (χ3n) is 2.18. The summed E-state index contributed by atoms with van der Waals surface area (Å²) in [5.74, 6) is 0.834. The minimum absolute atomic E-state index is 0.834. The Kier molecular flexibility index (Phi) is 1.89. The van der Waals surface area contributed by atoms with Gasteiger partial charge in [0.05, 0.1) is 13.3 Å². The van der Waals surface area contributed by atoms with Gasteiger partial charge in [-0.15, -0.1) is 0 Å². The molecular weight excluding hydrogens is 162 g/mol. The van der Waals surface area contributed by atoms with E-state index >= 15 is 0 Å². The van der Waals surface area contributed by atoms with Gasteiger partial charge in [-0.3, -0.25) is 4.98 Å². The Morgan fingerprint density at radius 3 is 2.54 bits per heavy atom. The average molecular weight is 173 g/mol. The fourth-order valence-electron chi connectivity index (χ4n) is 1.47. The Morgan fingerprint density at radius 1 is 1.15 bits per heavy atom. The molecule has 0 unspecified atom stereocenters. The summed E-state index contributed by atoms with van der Waals surface area (Å²) in [6.45, 7) is 2.00. The molecule has 2 heteroatoms. The molecule has 0 radical (unpaired) electrons. The number of benzene rings is 1. The molecule has 0 spiro atoms. The van der Waals surface area contributed by atoms with E-state index in [1.165, 1.54) is 0 Å². The van der Waals surface area contributed by atoms with Gasteiger partial charge in [0.25, 0.3) is 0 Å². The highest BCUT2D eigenvalue weighted by Crippen LogP contribution is 2.25. The number of nitrogens with zero attached hydrogens (tertiary/aromatic N) is 1. The lowest BCUT2D eigenvalue weighted by molar-refractivity contribution is 0.418. The maximum absolute atomic E-state index is 5.22.